The van der Waals surface area contributed by atoms with Crippen LogP contribution in [0, 0.1) is 0 Å². The van der Waals surface area contributed by atoms with Crippen LogP contribution in [0.2, 0.25) is 0 Å². The topological polar surface area (TPSA) is 75.0 Å². The van der Waals surface area contributed by atoms with Crippen LogP contribution >= 0.6 is 0 Å². The molecule has 6 nitrogen and oxygen atoms in total. The molecule has 2 rings (SSSR count). The Balaban J connectivity index is 2.38. The molecule has 0 aliphatic rings. The van der Waals surface area contributed by atoms with Crippen molar-refractivity contribution in [2.45, 2.75) is 40.5 Å². The molecule has 6 heteroatoms. The van der Waals surface area contributed by atoms with Crippen molar-refractivity contribution in [3.63, 3.8) is 0 Å². The zero-order valence-corrected chi connectivity index (χ0v) is 17.0. The predicted molar refractivity (Wildman–Crippen MR) is 108 cm³/mol. The SMILES string of the molecule is COc1cccc2oc(=O)c(OC(C)=O)c(OCC=C(C)CCC=C(C)C)c12. The highest BCUT2D eigenvalue weighted by Crippen LogP contribution is 2.38. The molecule has 0 N–H and O–H groups in total. The van der Waals surface area contributed by atoms with Gasteiger partial charge in [0.2, 0.25) is 0 Å². The standard InChI is InChI=1S/C22H26O6/c1-14(2)8-6-9-15(3)12-13-26-20-19-17(25-5)10-7-11-18(19)28-22(24)21(20)27-16(4)23/h7-8,10-12H,6,9,13H2,1-5H3. The number of hydrogen-bond donors (Lipinski definition) is 0. The summed E-state index contributed by atoms with van der Waals surface area (Å²) in [7, 11) is 1.50. The number of fused-ring (bicyclic) bond motifs is 1. The smallest absolute Gasteiger partial charge is 0.383 e. The van der Waals surface area contributed by atoms with Crippen LogP contribution in [0.5, 0.6) is 17.2 Å². The first-order valence-corrected chi connectivity index (χ1v) is 9.07. The third kappa shape index (κ3) is 5.49. The average molecular weight is 386 g/mol. The van der Waals surface area contributed by atoms with Gasteiger partial charge in [0.05, 0.1) is 7.11 Å². The minimum Gasteiger partial charge on any atom is -0.496 e. The molecular weight excluding hydrogens is 360 g/mol. The van der Waals surface area contributed by atoms with E-state index in [1.165, 1.54) is 19.6 Å². The molecule has 0 saturated heterocycles. The number of rotatable bonds is 8. The normalized spacial score (nSPS) is 11.2. The number of methoxy groups -OCH3 is 1. The van der Waals surface area contributed by atoms with Crippen molar-refractivity contribution in [3.05, 3.63) is 51.9 Å². The van der Waals surface area contributed by atoms with Gasteiger partial charge in [-0.2, -0.15) is 0 Å². The third-order valence-electron chi connectivity index (χ3n) is 4.03. The second-order valence-electron chi connectivity index (χ2n) is 6.66. The molecule has 0 aliphatic carbocycles. The average Bonchev–Trinajstić information content (AvgIpc) is 2.62. The van der Waals surface area contributed by atoms with Crippen molar-refractivity contribution in [3.8, 4) is 17.2 Å². The maximum Gasteiger partial charge on any atom is 0.383 e. The van der Waals surface area contributed by atoms with E-state index in [0.29, 0.717) is 16.7 Å². The summed E-state index contributed by atoms with van der Waals surface area (Å²) >= 11 is 0. The molecule has 0 aliphatic heterocycles. The van der Waals surface area contributed by atoms with Gasteiger partial charge in [-0.3, -0.25) is 4.79 Å². The molecule has 150 valence electrons. The lowest BCUT2D eigenvalue weighted by Gasteiger charge is -2.13. The number of carbonyl (C=O) groups excluding carboxylic acids is 1. The van der Waals surface area contributed by atoms with E-state index in [0.717, 1.165) is 18.4 Å². The lowest BCUT2D eigenvalue weighted by molar-refractivity contribution is -0.132. The molecule has 28 heavy (non-hydrogen) atoms. The summed E-state index contributed by atoms with van der Waals surface area (Å²) in [6, 6.07) is 5.05. The van der Waals surface area contributed by atoms with E-state index in [-0.39, 0.29) is 18.1 Å². The quantitative estimate of drug-likeness (QED) is 0.369. The Morgan fingerprint density at radius 1 is 1.11 bits per heavy atom. The van der Waals surface area contributed by atoms with E-state index in [9.17, 15) is 9.59 Å². The van der Waals surface area contributed by atoms with E-state index in [2.05, 4.69) is 19.9 Å². The van der Waals surface area contributed by atoms with Gasteiger partial charge in [-0.1, -0.05) is 23.3 Å². The second kappa shape index (κ2) is 9.78. The number of benzene rings is 1. The summed E-state index contributed by atoms with van der Waals surface area (Å²) in [5.74, 6) is -0.332. The van der Waals surface area contributed by atoms with Gasteiger partial charge in [-0.15, -0.1) is 0 Å². The highest BCUT2D eigenvalue weighted by molar-refractivity contribution is 5.92. The molecule has 0 bridgehead atoms. The summed E-state index contributed by atoms with van der Waals surface area (Å²) in [5.41, 5.74) is 1.95. The molecule has 0 fully saturated rings. The van der Waals surface area contributed by atoms with Crippen LogP contribution in [0.3, 0.4) is 0 Å². The fraction of sp³-hybridized carbons (Fsp3) is 0.364. The molecule has 0 atom stereocenters. The molecule has 0 spiro atoms. The van der Waals surface area contributed by atoms with Crippen molar-refractivity contribution >= 4 is 16.9 Å². The minimum atomic E-state index is -0.782. The lowest BCUT2D eigenvalue weighted by atomic mass is 10.1. The van der Waals surface area contributed by atoms with Gasteiger partial charge in [0, 0.05) is 6.92 Å². The number of carbonyl (C=O) groups is 1. The van der Waals surface area contributed by atoms with Crippen LogP contribution in [-0.2, 0) is 4.79 Å². The predicted octanol–water partition coefficient (Wildman–Crippen LogP) is 4.80. The third-order valence-corrected chi connectivity index (χ3v) is 4.03. The van der Waals surface area contributed by atoms with Gasteiger partial charge in [0.15, 0.2) is 5.75 Å². The number of ether oxygens (including phenoxy) is 3. The second-order valence-corrected chi connectivity index (χ2v) is 6.66. The monoisotopic (exact) mass is 386 g/mol. The summed E-state index contributed by atoms with van der Waals surface area (Å²) < 4.78 is 21.6. The highest BCUT2D eigenvalue weighted by atomic mass is 16.6. The summed E-state index contributed by atoms with van der Waals surface area (Å²) in [6.07, 6.45) is 5.98. The molecule has 1 aromatic heterocycles. The Bertz CT molecular complexity index is 961. The van der Waals surface area contributed by atoms with Gasteiger partial charge in [0.1, 0.15) is 23.3 Å². The van der Waals surface area contributed by atoms with Gasteiger partial charge in [0.25, 0.3) is 5.75 Å². The van der Waals surface area contributed by atoms with Crippen LogP contribution in [0.1, 0.15) is 40.5 Å². The summed E-state index contributed by atoms with van der Waals surface area (Å²) in [6.45, 7) is 7.58. The van der Waals surface area contributed by atoms with Crippen LogP contribution in [-0.4, -0.2) is 19.7 Å². The van der Waals surface area contributed by atoms with Crippen molar-refractivity contribution < 1.29 is 23.4 Å². The number of allylic oxidation sites excluding steroid dienone is 3. The fourth-order valence-corrected chi connectivity index (χ4v) is 2.67. The molecule has 0 amide bonds. The maximum absolute atomic E-state index is 12.3. The zero-order chi connectivity index (χ0) is 20.7. The molecule has 1 aromatic carbocycles. The van der Waals surface area contributed by atoms with Gasteiger partial charge in [-0.25, -0.2) is 4.79 Å². The van der Waals surface area contributed by atoms with Crippen molar-refractivity contribution in [1.82, 2.24) is 0 Å². The molecule has 0 saturated carbocycles. The first-order chi connectivity index (χ1) is 13.3. The highest BCUT2D eigenvalue weighted by Gasteiger charge is 2.22. The van der Waals surface area contributed by atoms with E-state index in [4.69, 9.17) is 18.6 Å². The molecule has 2 aromatic rings. The van der Waals surface area contributed by atoms with Gasteiger partial charge in [-0.05, 0) is 51.8 Å². The van der Waals surface area contributed by atoms with Crippen molar-refractivity contribution in [1.29, 1.82) is 0 Å². The van der Waals surface area contributed by atoms with E-state index < -0.39 is 11.6 Å². The van der Waals surface area contributed by atoms with Gasteiger partial charge < -0.3 is 18.6 Å². The lowest BCUT2D eigenvalue weighted by Crippen LogP contribution is -2.14. The Morgan fingerprint density at radius 2 is 1.86 bits per heavy atom. The molecular formula is C22H26O6. The Labute approximate surface area is 164 Å². The molecule has 0 radical (unpaired) electrons. The number of esters is 1. The van der Waals surface area contributed by atoms with Crippen LogP contribution in [0.4, 0.5) is 0 Å². The maximum atomic E-state index is 12.3. The first kappa shape index (κ1) is 21.3. The van der Waals surface area contributed by atoms with Crippen LogP contribution < -0.4 is 19.8 Å². The summed E-state index contributed by atoms with van der Waals surface area (Å²) in [5, 5.41) is 0.441. The minimum absolute atomic E-state index is 0.132. The summed E-state index contributed by atoms with van der Waals surface area (Å²) in [4.78, 5) is 23.8. The van der Waals surface area contributed by atoms with E-state index >= 15 is 0 Å². The Morgan fingerprint density at radius 3 is 2.50 bits per heavy atom. The zero-order valence-electron chi connectivity index (χ0n) is 17.0. The van der Waals surface area contributed by atoms with Gasteiger partial charge >= 0.3 is 11.6 Å². The fourth-order valence-electron chi connectivity index (χ4n) is 2.67. The molecule has 1 heterocycles. The number of hydrogen-bond acceptors (Lipinski definition) is 6. The van der Waals surface area contributed by atoms with Crippen LogP contribution in [0.15, 0.2) is 50.7 Å². The van der Waals surface area contributed by atoms with E-state index in [1.54, 1.807) is 18.2 Å². The van der Waals surface area contributed by atoms with Crippen molar-refractivity contribution in [2.24, 2.45) is 0 Å². The Kier molecular flexibility index (Phi) is 7.44. The molecule has 0 unspecified atom stereocenters. The van der Waals surface area contributed by atoms with Crippen molar-refractivity contribution in [2.75, 3.05) is 13.7 Å². The van der Waals surface area contributed by atoms with E-state index in [1.807, 2.05) is 13.0 Å². The Hall–Kier alpha value is -3.02. The largest absolute Gasteiger partial charge is 0.496 e. The van der Waals surface area contributed by atoms with Crippen LogP contribution in [0.25, 0.3) is 11.0 Å². The first-order valence-electron chi connectivity index (χ1n) is 9.07.